The van der Waals surface area contributed by atoms with Crippen molar-refractivity contribution in [1.82, 2.24) is 0 Å². The molecule has 0 radical (unpaired) electrons. The Balaban J connectivity index is 2.71. The van der Waals surface area contributed by atoms with E-state index in [0.29, 0.717) is 6.42 Å². The van der Waals surface area contributed by atoms with E-state index in [1.54, 1.807) is 0 Å². The molecule has 0 heterocycles. The summed E-state index contributed by atoms with van der Waals surface area (Å²) in [6, 6.07) is 0. The summed E-state index contributed by atoms with van der Waals surface area (Å²) in [6.07, 6.45) is 1.53. The fourth-order valence-electron chi connectivity index (χ4n) is 0.902. The van der Waals surface area contributed by atoms with Crippen molar-refractivity contribution in [3.63, 3.8) is 0 Å². The Morgan fingerprint density at radius 2 is 2.12 bits per heavy atom. The largest absolute Gasteiger partial charge is 0.509 e. The summed E-state index contributed by atoms with van der Waals surface area (Å²) in [5, 5.41) is 17.7. The van der Waals surface area contributed by atoms with Crippen molar-refractivity contribution in [2.45, 2.75) is 19.8 Å². The van der Waals surface area contributed by atoms with E-state index in [4.69, 9.17) is 10.2 Å². The summed E-state index contributed by atoms with van der Waals surface area (Å²) in [7, 11) is 0. The minimum atomic E-state index is 0.176. The van der Waals surface area contributed by atoms with Crippen molar-refractivity contribution < 1.29 is 10.2 Å². The molecule has 1 aliphatic carbocycles. The van der Waals surface area contributed by atoms with E-state index in [-0.39, 0.29) is 17.4 Å². The van der Waals surface area contributed by atoms with Gasteiger partial charge in [-0.05, 0) is 6.42 Å². The second-order valence-electron chi connectivity index (χ2n) is 2.27. The molecule has 2 heteroatoms. The van der Waals surface area contributed by atoms with Crippen LogP contribution in [0.1, 0.15) is 19.8 Å². The summed E-state index contributed by atoms with van der Waals surface area (Å²) in [5.41, 5.74) is 0. The highest BCUT2D eigenvalue weighted by molar-refractivity contribution is 5.08. The zero-order valence-corrected chi connectivity index (χ0v) is 4.89. The van der Waals surface area contributed by atoms with Crippen LogP contribution in [0.25, 0.3) is 0 Å². The molecule has 0 aromatic heterocycles. The predicted molar refractivity (Wildman–Crippen MR) is 30.7 cm³/mol. The second kappa shape index (κ2) is 1.69. The van der Waals surface area contributed by atoms with Gasteiger partial charge in [0.05, 0.1) is 0 Å². The number of aliphatic hydroxyl groups excluding tert-OH is 2. The summed E-state index contributed by atoms with van der Waals surface area (Å²) in [4.78, 5) is 0. The van der Waals surface area contributed by atoms with Crippen molar-refractivity contribution in [2.24, 2.45) is 5.92 Å². The van der Waals surface area contributed by atoms with Crippen LogP contribution in [0.15, 0.2) is 11.5 Å². The summed E-state index contributed by atoms with van der Waals surface area (Å²) >= 11 is 0. The molecule has 1 atom stereocenters. The lowest BCUT2D eigenvalue weighted by atomic mass is 10.1. The average Bonchev–Trinajstić information content (AvgIpc) is 1.98. The summed E-state index contributed by atoms with van der Waals surface area (Å²) in [5.74, 6) is 0.539. The maximum Gasteiger partial charge on any atom is 0.132 e. The van der Waals surface area contributed by atoms with Crippen LogP contribution >= 0.6 is 0 Å². The van der Waals surface area contributed by atoms with E-state index in [0.717, 1.165) is 6.42 Å². The number of aliphatic hydroxyl groups is 2. The van der Waals surface area contributed by atoms with Crippen LogP contribution in [0.4, 0.5) is 0 Å². The van der Waals surface area contributed by atoms with E-state index in [2.05, 4.69) is 0 Å². The van der Waals surface area contributed by atoms with Gasteiger partial charge < -0.3 is 10.2 Å². The molecule has 0 spiro atoms. The first-order chi connectivity index (χ1) is 3.72. The van der Waals surface area contributed by atoms with Crippen molar-refractivity contribution in [3.8, 4) is 0 Å². The van der Waals surface area contributed by atoms with Crippen LogP contribution in [0.2, 0.25) is 0 Å². The molecule has 0 saturated heterocycles. The third-order valence-electron chi connectivity index (χ3n) is 1.58. The van der Waals surface area contributed by atoms with Crippen LogP contribution in [0, 0.1) is 5.92 Å². The van der Waals surface area contributed by atoms with Crippen LogP contribution in [0.5, 0.6) is 0 Å². The third kappa shape index (κ3) is 0.661. The lowest BCUT2D eigenvalue weighted by Gasteiger charge is -1.97. The van der Waals surface area contributed by atoms with Gasteiger partial charge in [-0.3, -0.25) is 0 Å². The van der Waals surface area contributed by atoms with E-state index in [1.165, 1.54) is 0 Å². The summed E-state index contributed by atoms with van der Waals surface area (Å²) in [6.45, 7) is 1.90. The number of rotatable bonds is 0. The Hall–Kier alpha value is -0.660. The van der Waals surface area contributed by atoms with Crippen molar-refractivity contribution >= 4 is 0 Å². The van der Waals surface area contributed by atoms with Gasteiger partial charge in [0.2, 0.25) is 0 Å². The van der Waals surface area contributed by atoms with Crippen molar-refractivity contribution in [2.75, 3.05) is 0 Å². The molecule has 8 heavy (non-hydrogen) atoms. The van der Waals surface area contributed by atoms with Gasteiger partial charge in [0.15, 0.2) is 0 Å². The van der Waals surface area contributed by atoms with Crippen LogP contribution < -0.4 is 0 Å². The Morgan fingerprint density at radius 3 is 2.25 bits per heavy atom. The standard InChI is InChI=1S/C6H10O2/c1-4-2-3-5(7)6(4)8/h4,7-8H,2-3H2,1H3. The smallest absolute Gasteiger partial charge is 0.132 e. The molecular weight excluding hydrogens is 104 g/mol. The average molecular weight is 114 g/mol. The van der Waals surface area contributed by atoms with Gasteiger partial charge in [-0.15, -0.1) is 0 Å². The molecule has 0 bridgehead atoms. The van der Waals surface area contributed by atoms with Gasteiger partial charge in [0.1, 0.15) is 11.5 Å². The number of hydrogen-bond donors (Lipinski definition) is 2. The summed E-state index contributed by atoms with van der Waals surface area (Å²) < 4.78 is 0. The third-order valence-corrected chi connectivity index (χ3v) is 1.58. The second-order valence-corrected chi connectivity index (χ2v) is 2.27. The SMILES string of the molecule is CC1CCC(O)=C1O. The first kappa shape index (κ1) is 5.48. The first-order valence-corrected chi connectivity index (χ1v) is 2.83. The first-order valence-electron chi connectivity index (χ1n) is 2.83. The lowest BCUT2D eigenvalue weighted by molar-refractivity contribution is 0.309. The molecule has 1 aliphatic rings. The molecule has 1 rings (SSSR count). The minimum absolute atomic E-state index is 0.176. The Morgan fingerprint density at radius 1 is 1.50 bits per heavy atom. The Kier molecular flexibility index (Phi) is 1.16. The van der Waals surface area contributed by atoms with Gasteiger partial charge in [0, 0.05) is 12.3 Å². The van der Waals surface area contributed by atoms with Gasteiger partial charge in [-0.25, -0.2) is 0 Å². The molecule has 2 N–H and O–H groups in total. The monoisotopic (exact) mass is 114 g/mol. The molecule has 1 unspecified atom stereocenters. The molecule has 0 fully saturated rings. The maximum atomic E-state index is 8.90. The fraction of sp³-hybridized carbons (Fsp3) is 0.667. The molecule has 2 nitrogen and oxygen atoms in total. The van der Waals surface area contributed by atoms with Crippen molar-refractivity contribution in [3.05, 3.63) is 11.5 Å². The van der Waals surface area contributed by atoms with Gasteiger partial charge >= 0.3 is 0 Å². The van der Waals surface area contributed by atoms with E-state index in [9.17, 15) is 0 Å². The molecule has 0 aromatic rings. The van der Waals surface area contributed by atoms with Gasteiger partial charge in [-0.2, -0.15) is 0 Å². The Labute approximate surface area is 48.5 Å². The molecule has 0 aliphatic heterocycles. The number of hydrogen-bond acceptors (Lipinski definition) is 2. The zero-order valence-electron chi connectivity index (χ0n) is 4.89. The molecule has 0 aromatic carbocycles. The minimum Gasteiger partial charge on any atom is -0.509 e. The van der Waals surface area contributed by atoms with Gasteiger partial charge in [0.25, 0.3) is 0 Å². The molecule has 0 saturated carbocycles. The van der Waals surface area contributed by atoms with E-state index < -0.39 is 0 Å². The molecule has 46 valence electrons. The topological polar surface area (TPSA) is 40.5 Å². The lowest BCUT2D eigenvalue weighted by Crippen LogP contribution is -1.90. The highest BCUT2D eigenvalue weighted by atomic mass is 16.3. The highest BCUT2D eigenvalue weighted by Gasteiger charge is 2.19. The van der Waals surface area contributed by atoms with Crippen molar-refractivity contribution in [1.29, 1.82) is 0 Å². The zero-order chi connectivity index (χ0) is 6.15. The van der Waals surface area contributed by atoms with Crippen LogP contribution in [-0.4, -0.2) is 10.2 Å². The predicted octanol–water partition coefficient (Wildman–Crippen LogP) is 1.74. The molecule has 0 amide bonds. The normalized spacial score (nSPS) is 29.4. The number of allylic oxidation sites excluding steroid dienone is 2. The van der Waals surface area contributed by atoms with Crippen LogP contribution in [0.3, 0.4) is 0 Å². The maximum absolute atomic E-state index is 8.90. The van der Waals surface area contributed by atoms with E-state index >= 15 is 0 Å². The molecular formula is C6H10O2. The van der Waals surface area contributed by atoms with Gasteiger partial charge in [-0.1, -0.05) is 6.92 Å². The quantitative estimate of drug-likeness (QED) is 0.503. The fourth-order valence-corrected chi connectivity index (χ4v) is 0.902. The van der Waals surface area contributed by atoms with Crippen LogP contribution in [-0.2, 0) is 0 Å². The Bertz CT molecular complexity index is 126. The highest BCUT2D eigenvalue weighted by Crippen LogP contribution is 2.27. The van der Waals surface area contributed by atoms with E-state index in [1.807, 2.05) is 6.92 Å².